The predicted molar refractivity (Wildman–Crippen MR) is 117 cm³/mol. The van der Waals surface area contributed by atoms with Crippen LogP contribution in [0.2, 0.25) is 0 Å². The summed E-state index contributed by atoms with van der Waals surface area (Å²) in [5, 5.41) is 5.59. The number of carbonyl (C=O) groups is 1. The summed E-state index contributed by atoms with van der Waals surface area (Å²) in [4.78, 5) is 30.7. The summed E-state index contributed by atoms with van der Waals surface area (Å²) in [6, 6.07) is 5.99. The second-order valence-electron chi connectivity index (χ2n) is 7.66. The maximum atomic E-state index is 12.7. The monoisotopic (exact) mass is 426 g/mol. The Balaban J connectivity index is 1.49. The van der Waals surface area contributed by atoms with Crippen LogP contribution in [-0.2, 0) is 4.79 Å². The van der Waals surface area contributed by atoms with Gasteiger partial charge < -0.3 is 9.73 Å². The molecule has 0 saturated carbocycles. The van der Waals surface area contributed by atoms with Crippen LogP contribution in [0.4, 0.5) is 5.82 Å². The Morgan fingerprint density at radius 3 is 2.67 bits per heavy atom. The minimum Gasteiger partial charge on any atom is -0.458 e. The summed E-state index contributed by atoms with van der Waals surface area (Å²) < 4.78 is 5.69. The van der Waals surface area contributed by atoms with Crippen LogP contribution in [0.15, 0.2) is 34.2 Å². The third-order valence-electron chi connectivity index (χ3n) is 5.11. The molecule has 0 radical (unpaired) electrons. The van der Waals surface area contributed by atoms with E-state index < -0.39 is 0 Å². The van der Waals surface area contributed by atoms with Gasteiger partial charge in [0.05, 0.1) is 6.54 Å². The maximum absolute atomic E-state index is 12.7. The molecule has 1 saturated heterocycles. The number of nitrogens with one attached hydrogen (secondary N) is 1. The van der Waals surface area contributed by atoms with E-state index in [1.54, 1.807) is 12.3 Å². The molecule has 1 aliphatic heterocycles. The van der Waals surface area contributed by atoms with Crippen molar-refractivity contribution in [1.82, 2.24) is 24.8 Å². The quantitative estimate of drug-likeness (QED) is 0.648. The van der Waals surface area contributed by atoms with Crippen LogP contribution in [0.1, 0.15) is 19.6 Å². The van der Waals surface area contributed by atoms with Gasteiger partial charge in [0.25, 0.3) is 0 Å². The Morgan fingerprint density at radius 2 is 2.03 bits per heavy atom. The SMILES string of the molecule is Cc1ccc(-c2nc(NC(=O)CN3CCN(C(C)C)CC3)cc(-c3nccs3)n2)o1. The summed E-state index contributed by atoms with van der Waals surface area (Å²) in [6.07, 6.45) is 1.73. The molecule has 0 aromatic carbocycles. The summed E-state index contributed by atoms with van der Waals surface area (Å²) in [5.41, 5.74) is 0.657. The third-order valence-corrected chi connectivity index (χ3v) is 5.91. The van der Waals surface area contributed by atoms with Crippen molar-refractivity contribution in [2.75, 3.05) is 38.0 Å². The van der Waals surface area contributed by atoms with Crippen LogP contribution in [0.25, 0.3) is 22.3 Å². The molecule has 1 N–H and O–H groups in total. The molecule has 3 aromatic rings. The molecule has 0 bridgehead atoms. The minimum atomic E-state index is -0.0849. The standard InChI is InChI=1S/C21H26N6O2S/c1-14(2)27-9-7-26(8-10-27)13-19(28)24-18-12-16(21-22-6-11-30-21)23-20(25-18)17-5-4-15(3)29-17/h4-6,11-12,14H,7-10,13H2,1-3H3,(H,23,24,25,28). The highest BCUT2D eigenvalue weighted by atomic mass is 32.1. The number of aryl methyl sites for hydroxylation is 1. The van der Waals surface area contributed by atoms with Crippen molar-refractivity contribution >= 4 is 23.1 Å². The molecule has 30 heavy (non-hydrogen) atoms. The third kappa shape index (κ3) is 4.92. The van der Waals surface area contributed by atoms with E-state index in [9.17, 15) is 4.79 Å². The highest BCUT2D eigenvalue weighted by Crippen LogP contribution is 2.26. The maximum Gasteiger partial charge on any atom is 0.239 e. The number of piperazine rings is 1. The molecule has 8 nitrogen and oxygen atoms in total. The molecule has 4 heterocycles. The van der Waals surface area contributed by atoms with Crippen LogP contribution in [0, 0.1) is 6.92 Å². The lowest BCUT2D eigenvalue weighted by molar-refractivity contribution is -0.117. The highest BCUT2D eigenvalue weighted by molar-refractivity contribution is 7.13. The molecule has 0 atom stereocenters. The number of anilines is 1. The zero-order chi connectivity index (χ0) is 21.1. The Hall–Kier alpha value is -2.62. The summed E-state index contributed by atoms with van der Waals surface area (Å²) >= 11 is 1.49. The number of aromatic nitrogens is 3. The first-order valence-electron chi connectivity index (χ1n) is 10.1. The van der Waals surface area contributed by atoms with Crippen molar-refractivity contribution in [3.63, 3.8) is 0 Å². The Kier molecular flexibility index (Phi) is 6.21. The lowest BCUT2D eigenvalue weighted by Gasteiger charge is -2.36. The molecule has 1 aliphatic rings. The number of carbonyl (C=O) groups excluding carboxylic acids is 1. The second-order valence-corrected chi connectivity index (χ2v) is 8.56. The number of nitrogens with zero attached hydrogens (tertiary/aromatic N) is 5. The molecule has 0 unspecified atom stereocenters. The number of amides is 1. The number of hydrogen-bond acceptors (Lipinski definition) is 8. The number of thiazole rings is 1. The van der Waals surface area contributed by atoms with Crippen LogP contribution in [0.5, 0.6) is 0 Å². The van der Waals surface area contributed by atoms with E-state index in [0.717, 1.165) is 36.9 Å². The van der Waals surface area contributed by atoms with Crippen LogP contribution in [-0.4, -0.2) is 69.4 Å². The molecule has 1 fully saturated rings. The second kappa shape index (κ2) is 9.03. The summed E-state index contributed by atoms with van der Waals surface area (Å²) in [6.45, 7) is 10.4. The topological polar surface area (TPSA) is 87.4 Å². The van der Waals surface area contributed by atoms with Crippen molar-refractivity contribution in [2.24, 2.45) is 0 Å². The first-order valence-corrected chi connectivity index (χ1v) is 11.0. The molecule has 4 rings (SSSR count). The van der Waals surface area contributed by atoms with E-state index in [0.29, 0.717) is 35.7 Å². The Morgan fingerprint density at radius 1 is 1.23 bits per heavy atom. The van der Waals surface area contributed by atoms with Gasteiger partial charge in [-0.1, -0.05) is 0 Å². The molecule has 3 aromatic heterocycles. The van der Waals surface area contributed by atoms with Gasteiger partial charge in [-0.25, -0.2) is 15.0 Å². The fourth-order valence-corrected chi connectivity index (χ4v) is 4.06. The van der Waals surface area contributed by atoms with Gasteiger partial charge >= 0.3 is 0 Å². The van der Waals surface area contributed by atoms with Crippen LogP contribution >= 0.6 is 11.3 Å². The summed E-state index contributed by atoms with van der Waals surface area (Å²) in [7, 11) is 0. The van der Waals surface area contributed by atoms with Gasteiger partial charge in [0.2, 0.25) is 5.91 Å². The summed E-state index contributed by atoms with van der Waals surface area (Å²) in [5.74, 6) is 2.13. The first kappa shape index (κ1) is 20.6. The smallest absolute Gasteiger partial charge is 0.239 e. The minimum absolute atomic E-state index is 0.0849. The van der Waals surface area contributed by atoms with Crippen molar-refractivity contribution < 1.29 is 9.21 Å². The largest absolute Gasteiger partial charge is 0.458 e. The predicted octanol–water partition coefficient (Wildman–Crippen LogP) is 3.13. The first-order chi connectivity index (χ1) is 14.5. The molecule has 0 spiro atoms. The van der Waals surface area contributed by atoms with Gasteiger partial charge in [-0.3, -0.25) is 14.6 Å². The van der Waals surface area contributed by atoms with Gasteiger partial charge in [0.15, 0.2) is 11.6 Å². The van der Waals surface area contributed by atoms with Crippen molar-refractivity contribution in [1.29, 1.82) is 0 Å². The average molecular weight is 427 g/mol. The zero-order valence-electron chi connectivity index (χ0n) is 17.5. The molecule has 9 heteroatoms. The molecular formula is C21H26N6O2S. The van der Waals surface area contributed by atoms with Gasteiger partial charge in [0, 0.05) is 49.9 Å². The van der Waals surface area contributed by atoms with E-state index in [1.165, 1.54) is 11.3 Å². The van der Waals surface area contributed by atoms with E-state index in [4.69, 9.17) is 4.42 Å². The van der Waals surface area contributed by atoms with Gasteiger partial charge in [-0.05, 0) is 32.9 Å². The Bertz CT molecular complexity index is 993. The van der Waals surface area contributed by atoms with E-state index in [1.807, 2.05) is 24.4 Å². The number of hydrogen-bond donors (Lipinski definition) is 1. The van der Waals surface area contributed by atoms with Crippen LogP contribution < -0.4 is 5.32 Å². The lowest BCUT2D eigenvalue weighted by atomic mass is 10.2. The molecule has 158 valence electrons. The van der Waals surface area contributed by atoms with Gasteiger partial charge in [0.1, 0.15) is 22.3 Å². The fourth-order valence-electron chi connectivity index (χ4n) is 3.46. The van der Waals surface area contributed by atoms with Crippen molar-refractivity contribution in [3.05, 3.63) is 35.5 Å². The Labute approximate surface area is 180 Å². The highest BCUT2D eigenvalue weighted by Gasteiger charge is 2.21. The molecule has 1 amide bonds. The number of rotatable bonds is 6. The lowest BCUT2D eigenvalue weighted by Crippen LogP contribution is -2.50. The molecule has 0 aliphatic carbocycles. The zero-order valence-corrected chi connectivity index (χ0v) is 18.3. The fraction of sp³-hybridized carbons (Fsp3) is 0.429. The van der Waals surface area contributed by atoms with Crippen molar-refractivity contribution in [3.8, 4) is 22.3 Å². The van der Waals surface area contributed by atoms with Crippen LogP contribution in [0.3, 0.4) is 0 Å². The van der Waals surface area contributed by atoms with Crippen molar-refractivity contribution in [2.45, 2.75) is 26.8 Å². The van der Waals surface area contributed by atoms with Gasteiger partial charge in [-0.15, -0.1) is 11.3 Å². The van der Waals surface area contributed by atoms with E-state index >= 15 is 0 Å². The van der Waals surface area contributed by atoms with Gasteiger partial charge in [-0.2, -0.15) is 0 Å². The normalized spacial score (nSPS) is 15.6. The number of furan rings is 1. The average Bonchev–Trinajstić information content (AvgIpc) is 3.40. The van der Waals surface area contributed by atoms with E-state index in [2.05, 4.69) is 43.9 Å². The van der Waals surface area contributed by atoms with E-state index in [-0.39, 0.29) is 5.91 Å². The molecular weight excluding hydrogens is 400 g/mol.